The highest BCUT2D eigenvalue weighted by molar-refractivity contribution is 7.99. The highest BCUT2D eigenvalue weighted by Crippen LogP contribution is 2.35. The normalized spacial score (nSPS) is 11.9. The van der Waals surface area contributed by atoms with Gasteiger partial charge in [0.05, 0.1) is 0 Å². The highest BCUT2D eigenvalue weighted by atomic mass is 35.5. The third-order valence-electron chi connectivity index (χ3n) is 4.36. The van der Waals surface area contributed by atoms with E-state index in [-0.39, 0.29) is 10.8 Å². The predicted molar refractivity (Wildman–Crippen MR) is 110 cm³/mol. The first-order valence-electron chi connectivity index (χ1n) is 8.98. The van der Waals surface area contributed by atoms with Crippen molar-refractivity contribution in [2.24, 2.45) is 0 Å². The third kappa shape index (κ3) is 3.78. The maximum atomic E-state index is 13.4. The fraction of sp³-hybridized carbons (Fsp3) is 0.0526. The number of hydrogen-bond acceptors (Lipinski definition) is 7. The monoisotopic (exact) mass is 474 g/mol. The molecule has 5 aromatic rings. The summed E-state index contributed by atoms with van der Waals surface area (Å²) in [7, 11) is 0. The molecule has 0 saturated heterocycles. The van der Waals surface area contributed by atoms with Crippen molar-refractivity contribution in [3.63, 3.8) is 0 Å². The molecule has 0 unspecified atom stereocenters. The molecule has 1 aromatic carbocycles. The number of pyridine rings is 1. The van der Waals surface area contributed by atoms with Gasteiger partial charge in [-0.25, -0.2) is 4.98 Å². The second-order valence-electron chi connectivity index (χ2n) is 6.41. The van der Waals surface area contributed by atoms with Crippen molar-refractivity contribution in [1.29, 1.82) is 0 Å². The number of aromatic nitrogens is 8. The lowest BCUT2D eigenvalue weighted by Gasteiger charge is -2.12. The van der Waals surface area contributed by atoms with Crippen LogP contribution in [0.2, 0.25) is 5.02 Å². The van der Waals surface area contributed by atoms with E-state index < -0.39 is 11.9 Å². The molecule has 0 saturated carbocycles. The first-order valence-corrected chi connectivity index (χ1v) is 10.2. The van der Waals surface area contributed by atoms with Gasteiger partial charge >= 0.3 is 6.18 Å². The maximum Gasteiger partial charge on any atom is 0.433 e. The number of alkyl halides is 3. The summed E-state index contributed by atoms with van der Waals surface area (Å²) >= 11 is 6.98. The van der Waals surface area contributed by atoms with Crippen LogP contribution in [0.5, 0.6) is 0 Å². The maximum absolute atomic E-state index is 13.4. The van der Waals surface area contributed by atoms with E-state index in [1.54, 1.807) is 53.4 Å². The van der Waals surface area contributed by atoms with Crippen LogP contribution >= 0.6 is 23.4 Å². The molecule has 0 spiro atoms. The van der Waals surface area contributed by atoms with Gasteiger partial charge in [-0.15, -0.1) is 10.2 Å². The van der Waals surface area contributed by atoms with E-state index >= 15 is 0 Å². The van der Waals surface area contributed by atoms with Gasteiger partial charge in [-0.1, -0.05) is 11.6 Å². The largest absolute Gasteiger partial charge is 0.433 e. The van der Waals surface area contributed by atoms with Crippen molar-refractivity contribution in [1.82, 2.24) is 39.3 Å². The zero-order chi connectivity index (χ0) is 22.3. The van der Waals surface area contributed by atoms with Gasteiger partial charge < -0.3 is 0 Å². The zero-order valence-corrected chi connectivity index (χ0v) is 17.3. The Labute approximate surface area is 187 Å². The topological polar surface area (TPSA) is 86.7 Å². The van der Waals surface area contributed by atoms with Crippen molar-refractivity contribution < 1.29 is 13.2 Å². The molecule has 5 rings (SSSR count). The first-order chi connectivity index (χ1) is 15.4. The summed E-state index contributed by atoms with van der Waals surface area (Å²) in [6.07, 6.45) is -0.283. The van der Waals surface area contributed by atoms with Crippen LogP contribution in [0.25, 0.3) is 22.9 Å². The first kappa shape index (κ1) is 20.4. The van der Waals surface area contributed by atoms with Crippen LogP contribution in [0.1, 0.15) is 5.69 Å². The molecule has 0 aliphatic rings. The Kier molecular flexibility index (Phi) is 5.02. The molecule has 0 aliphatic carbocycles. The molecule has 13 heteroatoms. The fourth-order valence-corrected chi connectivity index (χ4v) is 4.01. The molecule has 0 aliphatic heterocycles. The molecule has 8 nitrogen and oxygen atoms in total. The summed E-state index contributed by atoms with van der Waals surface area (Å²) in [6.45, 7) is 0. The van der Waals surface area contributed by atoms with Gasteiger partial charge in [-0.3, -0.25) is 9.55 Å². The second-order valence-corrected chi connectivity index (χ2v) is 7.83. The number of benzene rings is 1. The molecule has 0 amide bonds. The Morgan fingerprint density at radius 1 is 0.969 bits per heavy atom. The SMILES string of the molecule is FC(F)(F)c1cc(Sc2nnc(-c3ccncc3)n2-c2ccc(Cl)cc2)n2ncnc2n1. The highest BCUT2D eigenvalue weighted by Gasteiger charge is 2.34. The van der Waals surface area contributed by atoms with Gasteiger partial charge in [0.15, 0.2) is 11.5 Å². The number of nitrogens with zero attached hydrogens (tertiary/aromatic N) is 8. The van der Waals surface area contributed by atoms with Crippen molar-refractivity contribution in [3.8, 4) is 17.1 Å². The van der Waals surface area contributed by atoms with Crippen LogP contribution in [0.15, 0.2) is 71.4 Å². The molecule has 0 bridgehead atoms. The summed E-state index contributed by atoms with van der Waals surface area (Å²) in [5, 5.41) is 13.5. The molecule has 0 atom stereocenters. The minimum atomic E-state index is -4.64. The average molecular weight is 475 g/mol. The Hall–Kier alpha value is -3.51. The van der Waals surface area contributed by atoms with E-state index in [4.69, 9.17) is 11.6 Å². The van der Waals surface area contributed by atoms with Crippen LogP contribution in [-0.2, 0) is 6.18 Å². The molecular formula is C19H10ClF3N8S. The summed E-state index contributed by atoms with van der Waals surface area (Å²) < 4.78 is 43.0. The van der Waals surface area contributed by atoms with E-state index in [0.717, 1.165) is 29.7 Å². The smallest absolute Gasteiger partial charge is 0.270 e. The number of halogens is 4. The van der Waals surface area contributed by atoms with Gasteiger partial charge in [0.1, 0.15) is 11.4 Å². The van der Waals surface area contributed by atoms with Crippen molar-refractivity contribution in [2.75, 3.05) is 0 Å². The summed E-state index contributed by atoms with van der Waals surface area (Å²) in [5.41, 5.74) is 0.326. The van der Waals surface area contributed by atoms with Gasteiger partial charge in [0.25, 0.3) is 5.78 Å². The average Bonchev–Trinajstić information content (AvgIpc) is 3.42. The fourth-order valence-electron chi connectivity index (χ4n) is 2.94. The minimum absolute atomic E-state index is 0.128. The van der Waals surface area contributed by atoms with Gasteiger partial charge in [-0.2, -0.15) is 27.8 Å². The Morgan fingerprint density at radius 3 is 2.44 bits per heavy atom. The third-order valence-corrected chi connectivity index (χ3v) is 5.56. The van der Waals surface area contributed by atoms with Crippen molar-refractivity contribution in [2.45, 2.75) is 16.4 Å². The lowest BCUT2D eigenvalue weighted by molar-refractivity contribution is -0.141. The number of rotatable bonds is 4. The minimum Gasteiger partial charge on any atom is -0.270 e. The van der Waals surface area contributed by atoms with Gasteiger partial charge in [-0.05, 0) is 48.2 Å². The summed E-state index contributed by atoms with van der Waals surface area (Å²) in [6, 6.07) is 11.3. The van der Waals surface area contributed by atoms with Crippen LogP contribution in [-0.4, -0.2) is 39.3 Å². The quantitative estimate of drug-likeness (QED) is 0.352. The zero-order valence-electron chi connectivity index (χ0n) is 15.8. The Morgan fingerprint density at radius 2 is 1.72 bits per heavy atom. The Bertz CT molecular complexity index is 1400. The lowest BCUT2D eigenvalue weighted by Crippen LogP contribution is -2.11. The molecule has 0 radical (unpaired) electrons. The molecule has 32 heavy (non-hydrogen) atoms. The molecular weight excluding hydrogens is 465 g/mol. The van der Waals surface area contributed by atoms with E-state index in [9.17, 15) is 13.2 Å². The van der Waals surface area contributed by atoms with Crippen molar-refractivity contribution >= 4 is 29.1 Å². The van der Waals surface area contributed by atoms with Crippen LogP contribution in [0, 0.1) is 0 Å². The van der Waals surface area contributed by atoms with Crippen LogP contribution < -0.4 is 0 Å². The molecule has 0 fully saturated rings. The Balaban J connectivity index is 1.68. The van der Waals surface area contributed by atoms with Gasteiger partial charge in [0, 0.05) is 34.7 Å². The lowest BCUT2D eigenvalue weighted by atomic mass is 10.2. The van der Waals surface area contributed by atoms with Crippen LogP contribution in [0.4, 0.5) is 13.2 Å². The van der Waals surface area contributed by atoms with Crippen molar-refractivity contribution in [3.05, 3.63) is 71.9 Å². The predicted octanol–water partition coefficient (Wildman–Crippen LogP) is 4.59. The molecule has 4 aromatic heterocycles. The molecule has 4 heterocycles. The molecule has 160 valence electrons. The van der Waals surface area contributed by atoms with E-state index in [2.05, 4.69) is 30.2 Å². The standard InChI is InChI=1S/C19H10ClF3N8S/c20-12-1-3-13(4-2-12)30-16(11-5-7-24-8-6-11)28-29-18(30)32-15-9-14(19(21,22)23)27-17-25-10-26-31(15)17/h1-10H. The number of hydrogen-bond donors (Lipinski definition) is 0. The summed E-state index contributed by atoms with van der Waals surface area (Å²) in [4.78, 5) is 11.3. The molecule has 0 N–H and O–H groups in total. The second kappa shape index (κ2) is 7.88. The van der Waals surface area contributed by atoms with E-state index in [1.807, 2.05) is 0 Å². The summed E-state index contributed by atoms with van der Waals surface area (Å²) in [5.74, 6) is 0.311. The van der Waals surface area contributed by atoms with E-state index in [0.29, 0.717) is 21.7 Å². The van der Waals surface area contributed by atoms with Crippen LogP contribution in [0.3, 0.4) is 0 Å². The van der Waals surface area contributed by atoms with Gasteiger partial charge in [0.2, 0.25) is 5.16 Å². The number of fused-ring (bicyclic) bond motifs is 1. The van der Waals surface area contributed by atoms with E-state index in [1.165, 1.54) is 4.52 Å².